The predicted molar refractivity (Wildman–Crippen MR) is 61.2 cm³/mol. The van der Waals surface area contributed by atoms with Crippen molar-refractivity contribution in [3.8, 4) is 0 Å². The summed E-state index contributed by atoms with van der Waals surface area (Å²) in [7, 11) is 0. The van der Waals surface area contributed by atoms with Gasteiger partial charge in [-0.1, -0.05) is 0 Å². The fraction of sp³-hybridized carbons (Fsp3) is 0.417. The summed E-state index contributed by atoms with van der Waals surface area (Å²) in [6, 6.07) is 2.61. The number of hydrogen-bond donors (Lipinski definition) is 1. The Hall–Kier alpha value is -2.11. The second kappa shape index (κ2) is 5.03. The number of amides is 1. The summed E-state index contributed by atoms with van der Waals surface area (Å²) in [6.45, 7) is 0.972. The summed E-state index contributed by atoms with van der Waals surface area (Å²) in [5, 5.41) is 8.69. The minimum atomic E-state index is -0.847. The number of likely N-dealkylation sites (tertiary alicyclic amines) is 1. The van der Waals surface area contributed by atoms with E-state index in [9.17, 15) is 14.4 Å². The van der Waals surface area contributed by atoms with Crippen molar-refractivity contribution in [1.29, 1.82) is 0 Å². The van der Waals surface area contributed by atoms with Crippen LogP contribution in [0.25, 0.3) is 0 Å². The average molecular weight is 251 g/mol. The lowest BCUT2D eigenvalue weighted by Crippen LogP contribution is -2.29. The largest absolute Gasteiger partial charge is 0.481 e. The molecule has 1 unspecified atom stereocenters. The fourth-order valence-electron chi connectivity index (χ4n) is 2.09. The van der Waals surface area contributed by atoms with Gasteiger partial charge in [0.1, 0.15) is 6.26 Å². The van der Waals surface area contributed by atoms with Gasteiger partial charge >= 0.3 is 11.6 Å². The van der Waals surface area contributed by atoms with E-state index in [1.54, 1.807) is 4.90 Å². The highest BCUT2D eigenvalue weighted by atomic mass is 16.4. The number of carbonyl (C=O) groups excluding carboxylic acids is 1. The standard InChI is InChI=1S/C12H13NO5/c14-10(15)5-8-3-4-13(6-8)12(17)9-1-2-11(16)18-7-9/h1-2,7-8H,3-6H2,(H,14,15). The Balaban J connectivity index is 2.01. The molecule has 2 rings (SSSR count). The van der Waals surface area contributed by atoms with Crippen molar-refractivity contribution in [2.45, 2.75) is 12.8 Å². The SMILES string of the molecule is O=C(O)CC1CCN(C(=O)c2ccc(=O)oc2)C1. The lowest BCUT2D eigenvalue weighted by molar-refractivity contribution is -0.138. The first-order chi connectivity index (χ1) is 8.56. The second-order valence-corrected chi connectivity index (χ2v) is 4.35. The van der Waals surface area contributed by atoms with Gasteiger partial charge < -0.3 is 14.4 Å². The third kappa shape index (κ3) is 2.77. The Morgan fingerprint density at radius 3 is 2.83 bits per heavy atom. The molecular weight excluding hydrogens is 238 g/mol. The molecule has 2 heterocycles. The van der Waals surface area contributed by atoms with Crippen LogP contribution < -0.4 is 5.63 Å². The molecule has 0 radical (unpaired) electrons. The van der Waals surface area contributed by atoms with Crippen LogP contribution in [0.15, 0.2) is 27.6 Å². The van der Waals surface area contributed by atoms with Crippen LogP contribution in [0.2, 0.25) is 0 Å². The predicted octanol–water partition coefficient (Wildman–Crippen LogP) is 0.577. The van der Waals surface area contributed by atoms with Gasteiger partial charge in [-0.05, 0) is 18.4 Å². The van der Waals surface area contributed by atoms with Crippen LogP contribution in [-0.4, -0.2) is 35.0 Å². The molecule has 0 saturated carbocycles. The summed E-state index contributed by atoms with van der Waals surface area (Å²) < 4.78 is 4.63. The number of nitrogens with zero attached hydrogens (tertiary/aromatic N) is 1. The third-order valence-corrected chi connectivity index (χ3v) is 2.98. The molecule has 96 valence electrons. The molecule has 1 aliphatic heterocycles. The monoisotopic (exact) mass is 251 g/mol. The van der Waals surface area contributed by atoms with Crippen LogP contribution in [0.1, 0.15) is 23.2 Å². The zero-order valence-electron chi connectivity index (χ0n) is 9.67. The van der Waals surface area contributed by atoms with Gasteiger partial charge in [0.25, 0.3) is 5.91 Å². The number of carboxylic acids is 1. The Morgan fingerprint density at radius 1 is 1.44 bits per heavy atom. The highest BCUT2D eigenvalue weighted by molar-refractivity contribution is 5.93. The van der Waals surface area contributed by atoms with Gasteiger partial charge in [-0.3, -0.25) is 9.59 Å². The van der Waals surface area contributed by atoms with Gasteiger partial charge in [-0.2, -0.15) is 0 Å². The Labute approximate surface area is 103 Å². The molecule has 0 aliphatic carbocycles. The molecule has 1 N–H and O–H groups in total. The molecule has 1 aromatic heterocycles. The van der Waals surface area contributed by atoms with Crippen LogP contribution in [0, 0.1) is 5.92 Å². The van der Waals surface area contributed by atoms with E-state index >= 15 is 0 Å². The van der Waals surface area contributed by atoms with E-state index in [0.29, 0.717) is 25.1 Å². The van der Waals surface area contributed by atoms with E-state index < -0.39 is 11.6 Å². The van der Waals surface area contributed by atoms with Crippen LogP contribution >= 0.6 is 0 Å². The minimum Gasteiger partial charge on any atom is -0.481 e. The quantitative estimate of drug-likeness (QED) is 0.848. The van der Waals surface area contributed by atoms with Gasteiger partial charge in [0.15, 0.2) is 0 Å². The third-order valence-electron chi connectivity index (χ3n) is 2.98. The number of carbonyl (C=O) groups is 2. The summed E-state index contributed by atoms with van der Waals surface area (Å²) in [6.07, 6.45) is 1.90. The smallest absolute Gasteiger partial charge is 0.335 e. The summed E-state index contributed by atoms with van der Waals surface area (Å²) in [4.78, 5) is 35.0. The fourth-order valence-corrected chi connectivity index (χ4v) is 2.09. The molecular formula is C12H13NO5. The summed E-state index contributed by atoms with van der Waals surface area (Å²) >= 11 is 0. The van der Waals surface area contributed by atoms with Gasteiger partial charge in [0.2, 0.25) is 0 Å². The maximum absolute atomic E-state index is 12.0. The first-order valence-corrected chi connectivity index (χ1v) is 5.66. The maximum Gasteiger partial charge on any atom is 0.335 e. The number of hydrogen-bond acceptors (Lipinski definition) is 4. The van der Waals surface area contributed by atoms with E-state index in [1.807, 2.05) is 0 Å². The zero-order valence-corrected chi connectivity index (χ0v) is 9.67. The molecule has 1 amide bonds. The van der Waals surface area contributed by atoms with Gasteiger partial charge in [-0.15, -0.1) is 0 Å². The van der Waals surface area contributed by atoms with Crippen LogP contribution in [0.3, 0.4) is 0 Å². The number of carboxylic acid groups (broad SMARTS) is 1. The van der Waals surface area contributed by atoms with E-state index in [2.05, 4.69) is 4.42 Å². The van der Waals surface area contributed by atoms with E-state index in [4.69, 9.17) is 5.11 Å². The summed E-state index contributed by atoms with van der Waals surface area (Å²) in [5.74, 6) is -1.08. The molecule has 6 heteroatoms. The topological polar surface area (TPSA) is 87.8 Å². The van der Waals surface area contributed by atoms with Crippen molar-refractivity contribution < 1.29 is 19.1 Å². The lowest BCUT2D eigenvalue weighted by atomic mass is 10.1. The molecule has 1 saturated heterocycles. The highest BCUT2D eigenvalue weighted by Crippen LogP contribution is 2.21. The minimum absolute atomic E-state index is 0.00201. The lowest BCUT2D eigenvalue weighted by Gasteiger charge is -2.15. The van der Waals surface area contributed by atoms with E-state index in [-0.39, 0.29) is 18.2 Å². The molecule has 0 aromatic carbocycles. The number of rotatable bonds is 3. The normalized spacial score (nSPS) is 18.9. The van der Waals surface area contributed by atoms with Gasteiger partial charge in [-0.25, -0.2) is 4.79 Å². The molecule has 1 atom stereocenters. The molecule has 1 aliphatic rings. The summed E-state index contributed by atoms with van der Waals surface area (Å²) in [5.41, 5.74) is -0.192. The van der Waals surface area contributed by atoms with Crippen molar-refractivity contribution >= 4 is 11.9 Å². The van der Waals surface area contributed by atoms with Crippen molar-refractivity contribution in [3.05, 3.63) is 34.4 Å². The second-order valence-electron chi connectivity index (χ2n) is 4.35. The Morgan fingerprint density at radius 2 is 2.22 bits per heavy atom. The average Bonchev–Trinajstić information content (AvgIpc) is 2.76. The Bertz CT molecular complexity index is 501. The van der Waals surface area contributed by atoms with Crippen molar-refractivity contribution in [3.63, 3.8) is 0 Å². The van der Waals surface area contributed by atoms with Crippen molar-refractivity contribution in [2.24, 2.45) is 5.92 Å². The van der Waals surface area contributed by atoms with Crippen molar-refractivity contribution in [2.75, 3.05) is 13.1 Å². The highest BCUT2D eigenvalue weighted by Gasteiger charge is 2.28. The van der Waals surface area contributed by atoms with Gasteiger partial charge in [0, 0.05) is 25.6 Å². The van der Waals surface area contributed by atoms with Crippen LogP contribution in [0.4, 0.5) is 0 Å². The number of aliphatic carboxylic acids is 1. The molecule has 1 aromatic rings. The van der Waals surface area contributed by atoms with E-state index in [1.165, 1.54) is 12.1 Å². The van der Waals surface area contributed by atoms with Gasteiger partial charge in [0.05, 0.1) is 5.56 Å². The van der Waals surface area contributed by atoms with E-state index in [0.717, 1.165) is 6.26 Å². The maximum atomic E-state index is 12.0. The molecule has 0 spiro atoms. The molecule has 1 fully saturated rings. The molecule has 0 bridgehead atoms. The molecule has 18 heavy (non-hydrogen) atoms. The van der Waals surface area contributed by atoms with Crippen LogP contribution in [-0.2, 0) is 4.79 Å². The Kier molecular flexibility index (Phi) is 3.45. The van der Waals surface area contributed by atoms with Crippen LogP contribution in [0.5, 0.6) is 0 Å². The first-order valence-electron chi connectivity index (χ1n) is 5.66. The molecule has 6 nitrogen and oxygen atoms in total. The zero-order chi connectivity index (χ0) is 13.1. The first kappa shape index (κ1) is 12.3. The van der Waals surface area contributed by atoms with Crippen molar-refractivity contribution in [1.82, 2.24) is 4.90 Å².